The van der Waals surface area contributed by atoms with E-state index in [1.165, 1.54) is 0 Å². The fourth-order valence-electron chi connectivity index (χ4n) is 0.105. The molecule has 0 bridgehead atoms. The molecule has 0 atom stereocenters. The third-order valence-corrected chi connectivity index (χ3v) is 0.235. The third kappa shape index (κ3) is 3.43. The summed E-state index contributed by atoms with van der Waals surface area (Å²) in [5.74, 6) is 4.54. The molecule has 0 aliphatic carbocycles. The Bertz CT molecular complexity index is 55.8. The zero-order valence-electron chi connectivity index (χ0n) is 3.93. The second-order valence-corrected chi connectivity index (χ2v) is 1.14. The monoisotopic (exact) mass is 88.1 g/mol. The number of rotatable bonds is 1. The van der Waals surface area contributed by atoms with Gasteiger partial charge in [-0.1, -0.05) is 5.16 Å². The molecule has 0 amide bonds. The molecule has 0 aromatic rings. The lowest BCUT2D eigenvalue weighted by Crippen LogP contribution is -1.92. The van der Waals surface area contributed by atoms with Gasteiger partial charge >= 0.3 is 0 Å². The van der Waals surface area contributed by atoms with Crippen LogP contribution in [0.4, 0.5) is 0 Å². The van der Waals surface area contributed by atoms with Crippen LogP contribution in [0.3, 0.4) is 0 Å². The molecule has 0 aromatic heterocycles. The van der Waals surface area contributed by atoms with Crippen molar-refractivity contribution in [3.8, 4) is 0 Å². The normalized spacial score (nSPS) is 7.17. The van der Waals surface area contributed by atoms with Crippen molar-refractivity contribution in [1.29, 1.82) is 0 Å². The smallest absolute Gasteiger partial charge is 0.0535 e. The molecule has 3 heteroatoms. The number of hydrogen-bond acceptors (Lipinski definition) is 3. The van der Waals surface area contributed by atoms with E-state index >= 15 is 0 Å². The average molecular weight is 88.1 g/mol. The van der Waals surface area contributed by atoms with Crippen LogP contribution in [0.1, 0.15) is 13.8 Å². The lowest BCUT2D eigenvalue weighted by Gasteiger charge is -1.82. The van der Waals surface area contributed by atoms with Gasteiger partial charge in [0.15, 0.2) is 0 Å². The molecule has 36 valence electrons. The Labute approximate surface area is 36.7 Å². The molecule has 0 aliphatic heterocycles. The van der Waals surface area contributed by atoms with Crippen LogP contribution in [0.15, 0.2) is 5.16 Å². The third-order valence-electron chi connectivity index (χ3n) is 0.235. The number of oxime groups is 1. The van der Waals surface area contributed by atoms with E-state index in [0.29, 0.717) is 0 Å². The van der Waals surface area contributed by atoms with Gasteiger partial charge in [-0.2, -0.15) is 0 Å². The summed E-state index contributed by atoms with van der Waals surface area (Å²) in [5, 5.41) is 3.32. The molecular weight excluding hydrogens is 80.0 g/mol. The zero-order chi connectivity index (χ0) is 4.99. The molecule has 0 saturated carbocycles. The molecule has 0 rings (SSSR count). The fraction of sp³-hybridized carbons (Fsp3) is 0.667. The van der Waals surface area contributed by atoms with Crippen LogP contribution in [0.25, 0.3) is 0 Å². The van der Waals surface area contributed by atoms with Gasteiger partial charge in [0.1, 0.15) is 0 Å². The van der Waals surface area contributed by atoms with E-state index in [4.69, 9.17) is 0 Å². The first-order chi connectivity index (χ1) is 2.77. The van der Waals surface area contributed by atoms with Crippen molar-refractivity contribution in [3.63, 3.8) is 0 Å². The Morgan fingerprint density at radius 1 is 1.67 bits per heavy atom. The van der Waals surface area contributed by atoms with E-state index < -0.39 is 0 Å². The highest BCUT2D eigenvalue weighted by Crippen LogP contribution is 1.68. The largest absolute Gasteiger partial charge is 0.303 e. The first kappa shape index (κ1) is 5.43. The molecule has 0 heterocycles. The van der Waals surface area contributed by atoms with Gasteiger partial charge in [0.2, 0.25) is 0 Å². The van der Waals surface area contributed by atoms with Gasteiger partial charge in [-0.3, -0.25) is 0 Å². The van der Waals surface area contributed by atoms with E-state index in [1.807, 2.05) is 0 Å². The molecular formula is C3H8N2O. The highest BCUT2D eigenvalue weighted by Gasteiger charge is 1.69. The SMILES string of the molecule is CC(C)=NON. The van der Waals surface area contributed by atoms with Crippen molar-refractivity contribution < 1.29 is 4.94 Å². The summed E-state index contributed by atoms with van der Waals surface area (Å²) in [5.41, 5.74) is 0.817. The molecule has 2 N–H and O–H groups in total. The van der Waals surface area contributed by atoms with Crippen LogP contribution in [0.5, 0.6) is 0 Å². The molecule has 0 aliphatic rings. The van der Waals surface area contributed by atoms with Crippen molar-refractivity contribution in [2.45, 2.75) is 13.8 Å². The van der Waals surface area contributed by atoms with Crippen molar-refractivity contribution >= 4 is 5.71 Å². The molecule has 0 radical (unpaired) electrons. The molecule has 6 heavy (non-hydrogen) atoms. The quantitative estimate of drug-likeness (QED) is 0.369. The van der Waals surface area contributed by atoms with Crippen LogP contribution in [-0.4, -0.2) is 5.71 Å². The number of nitrogens with two attached hydrogens (primary N) is 1. The topological polar surface area (TPSA) is 47.6 Å². The highest BCUT2D eigenvalue weighted by molar-refractivity contribution is 5.78. The summed E-state index contributed by atoms with van der Waals surface area (Å²) >= 11 is 0. The lowest BCUT2D eigenvalue weighted by molar-refractivity contribution is 0.148. The predicted molar refractivity (Wildman–Crippen MR) is 24.1 cm³/mol. The second kappa shape index (κ2) is 2.66. The molecule has 3 nitrogen and oxygen atoms in total. The fourth-order valence-corrected chi connectivity index (χ4v) is 0.105. The maximum Gasteiger partial charge on any atom is 0.0535 e. The summed E-state index contributed by atoms with van der Waals surface area (Å²) in [6.45, 7) is 3.60. The highest BCUT2D eigenvalue weighted by atomic mass is 16.7. The minimum atomic E-state index is 0.817. The summed E-state index contributed by atoms with van der Waals surface area (Å²) in [6.07, 6.45) is 0. The Morgan fingerprint density at radius 2 is 2.17 bits per heavy atom. The van der Waals surface area contributed by atoms with E-state index in [9.17, 15) is 0 Å². The van der Waals surface area contributed by atoms with E-state index in [1.54, 1.807) is 13.8 Å². The molecule has 0 spiro atoms. The van der Waals surface area contributed by atoms with Gasteiger partial charge in [-0.05, 0) is 13.8 Å². The van der Waals surface area contributed by atoms with Crippen molar-refractivity contribution in [2.24, 2.45) is 11.1 Å². The summed E-state index contributed by atoms with van der Waals surface area (Å²) in [6, 6.07) is 0. The van der Waals surface area contributed by atoms with Crippen LogP contribution in [0, 0.1) is 0 Å². The Kier molecular flexibility index (Phi) is 2.40. The zero-order valence-corrected chi connectivity index (χ0v) is 3.93. The Morgan fingerprint density at radius 3 is 2.17 bits per heavy atom. The molecule has 0 saturated heterocycles. The minimum Gasteiger partial charge on any atom is -0.303 e. The number of nitrogens with zero attached hydrogens (tertiary/aromatic N) is 1. The van der Waals surface area contributed by atoms with E-state index in [0.717, 1.165) is 5.71 Å². The molecule has 0 aromatic carbocycles. The summed E-state index contributed by atoms with van der Waals surface area (Å²) < 4.78 is 0. The molecule has 0 fully saturated rings. The van der Waals surface area contributed by atoms with Crippen molar-refractivity contribution in [2.75, 3.05) is 0 Å². The van der Waals surface area contributed by atoms with Crippen LogP contribution >= 0.6 is 0 Å². The Balaban J connectivity index is 3.14. The van der Waals surface area contributed by atoms with Gasteiger partial charge in [0.25, 0.3) is 0 Å². The van der Waals surface area contributed by atoms with Gasteiger partial charge in [-0.15, -0.1) is 5.90 Å². The van der Waals surface area contributed by atoms with Crippen LogP contribution in [-0.2, 0) is 4.94 Å². The van der Waals surface area contributed by atoms with Crippen molar-refractivity contribution in [1.82, 2.24) is 0 Å². The van der Waals surface area contributed by atoms with E-state index in [2.05, 4.69) is 16.0 Å². The van der Waals surface area contributed by atoms with Gasteiger partial charge < -0.3 is 4.94 Å². The van der Waals surface area contributed by atoms with Crippen molar-refractivity contribution in [3.05, 3.63) is 0 Å². The van der Waals surface area contributed by atoms with Gasteiger partial charge in [0, 0.05) is 0 Å². The first-order valence-electron chi connectivity index (χ1n) is 1.64. The van der Waals surface area contributed by atoms with Crippen LogP contribution in [0.2, 0.25) is 0 Å². The maximum atomic E-state index is 4.54. The lowest BCUT2D eigenvalue weighted by atomic mass is 10.5. The summed E-state index contributed by atoms with van der Waals surface area (Å²) in [4.78, 5) is 3.89. The maximum absolute atomic E-state index is 4.54. The minimum absolute atomic E-state index is 0.817. The van der Waals surface area contributed by atoms with Crippen LogP contribution < -0.4 is 5.90 Å². The number of hydrogen-bond donors (Lipinski definition) is 1. The standard InChI is InChI=1S/C3H8N2O/c1-3(2)5-6-4/h4H2,1-2H3. The average Bonchev–Trinajstić information content (AvgIpc) is 1.35. The van der Waals surface area contributed by atoms with Gasteiger partial charge in [0.05, 0.1) is 5.71 Å². The summed E-state index contributed by atoms with van der Waals surface area (Å²) in [7, 11) is 0. The predicted octanol–water partition coefficient (Wildman–Crippen LogP) is 0.273. The second-order valence-electron chi connectivity index (χ2n) is 1.14. The van der Waals surface area contributed by atoms with E-state index in [-0.39, 0.29) is 0 Å². The molecule has 0 unspecified atom stereocenters. The Hall–Kier alpha value is -0.570. The first-order valence-corrected chi connectivity index (χ1v) is 1.64. The van der Waals surface area contributed by atoms with Gasteiger partial charge in [-0.25, -0.2) is 0 Å².